The molecule has 206 valence electrons. The molecule has 0 atom stereocenters. The minimum absolute atomic E-state index is 0.263. The fourth-order valence-electron chi connectivity index (χ4n) is 6.97. The molecule has 1 aliphatic rings. The molecule has 6 rings (SSSR count). The maximum atomic E-state index is 10.5. The SMILES string of the molecule is CC(C)(C)[Si]1(c2ccccc2)C(c2ccccc2C#N)=C(c2ccccc2)C(c2ccccc2)=C1c1ccccc1C#N. The zero-order valence-electron chi connectivity index (χ0n) is 24.7. The van der Waals surface area contributed by atoms with Gasteiger partial charge in [-0.15, -0.1) is 0 Å². The Balaban J connectivity index is 1.97. The lowest BCUT2D eigenvalue weighted by atomic mass is 9.88. The summed E-state index contributed by atoms with van der Waals surface area (Å²) < 4.78 is 0. The second-order valence-corrected chi connectivity index (χ2v) is 16.5. The summed E-state index contributed by atoms with van der Waals surface area (Å²) >= 11 is 0. The summed E-state index contributed by atoms with van der Waals surface area (Å²) in [7, 11) is -3.08. The maximum Gasteiger partial charge on any atom is 0.156 e. The first-order valence-corrected chi connectivity index (χ1v) is 16.6. The summed E-state index contributed by atoms with van der Waals surface area (Å²) in [5.74, 6) is 0. The maximum absolute atomic E-state index is 10.5. The van der Waals surface area contributed by atoms with E-state index in [4.69, 9.17) is 0 Å². The molecule has 0 aliphatic carbocycles. The van der Waals surface area contributed by atoms with Gasteiger partial charge in [0.05, 0.1) is 23.3 Å². The van der Waals surface area contributed by atoms with Gasteiger partial charge in [0.1, 0.15) is 0 Å². The number of allylic oxidation sites excluding steroid dienone is 2. The van der Waals surface area contributed by atoms with Crippen molar-refractivity contribution < 1.29 is 0 Å². The highest BCUT2D eigenvalue weighted by atomic mass is 28.3. The predicted octanol–water partition coefficient (Wildman–Crippen LogP) is 9.20. The van der Waals surface area contributed by atoms with E-state index in [9.17, 15) is 10.5 Å². The molecule has 0 saturated heterocycles. The number of rotatable bonds is 5. The molecule has 1 aliphatic heterocycles. The van der Waals surface area contributed by atoms with E-state index in [0.29, 0.717) is 11.1 Å². The molecule has 2 nitrogen and oxygen atoms in total. The Morgan fingerprint density at radius 3 is 1.19 bits per heavy atom. The first-order chi connectivity index (χ1) is 20.9. The van der Waals surface area contributed by atoms with Crippen molar-refractivity contribution in [3.05, 3.63) is 173 Å². The Kier molecular flexibility index (Phi) is 7.28. The predicted molar refractivity (Wildman–Crippen MR) is 180 cm³/mol. The van der Waals surface area contributed by atoms with E-state index in [2.05, 4.69) is 124 Å². The second kappa shape index (κ2) is 11.2. The molecule has 0 radical (unpaired) electrons. The number of hydrogen-bond acceptors (Lipinski definition) is 2. The van der Waals surface area contributed by atoms with Crippen molar-refractivity contribution in [1.29, 1.82) is 10.5 Å². The van der Waals surface area contributed by atoms with Gasteiger partial charge in [-0.2, -0.15) is 10.5 Å². The Morgan fingerprint density at radius 2 is 0.814 bits per heavy atom. The van der Waals surface area contributed by atoms with Crippen molar-refractivity contribution in [3.8, 4) is 12.1 Å². The van der Waals surface area contributed by atoms with Crippen LogP contribution in [0.2, 0.25) is 5.04 Å². The molecule has 43 heavy (non-hydrogen) atoms. The van der Waals surface area contributed by atoms with Crippen molar-refractivity contribution in [1.82, 2.24) is 0 Å². The minimum Gasteiger partial charge on any atom is -0.192 e. The molecule has 5 aromatic carbocycles. The molecule has 0 unspecified atom stereocenters. The Morgan fingerprint density at radius 1 is 0.465 bits per heavy atom. The number of nitriles is 2. The van der Waals surface area contributed by atoms with E-state index in [-0.39, 0.29) is 5.04 Å². The average molecular weight is 569 g/mol. The smallest absolute Gasteiger partial charge is 0.156 e. The van der Waals surface area contributed by atoms with E-state index in [0.717, 1.165) is 33.4 Å². The monoisotopic (exact) mass is 568 g/mol. The Labute approximate surface area is 255 Å². The summed E-state index contributed by atoms with van der Waals surface area (Å²) in [6.07, 6.45) is 0. The summed E-state index contributed by atoms with van der Waals surface area (Å²) in [5.41, 5.74) is 7.73. The highest BCUT2D eigenvalue weighted by Gasteiger charge is 2.58. The molecule has 0 fully saturated rings. The van der Waals surface area contributed by atoms with E-state index in [1.54, 1.807) is 0 Å². The molecule has 0 amide bonds. The first kappa shape index (κ1) is 27.9. The molecule has 1 heterocycles. The zero-order valence-corrected chi connectivity index (χ0v) is 25.7. The molecule has 3 heteroatoms. The van der Waals surface area contributed by atoms with E-state index in [1.165, 1.54) is 15.6 Å². The van der Waals surface area contributed by atoms with Gasteiger partial charge in [0, 0.05) is 0 Å². The molecule has 0 spiro atoms. The van der Waals surface area contributed by atoms with Crippen LogP contribution in [0.5, 0.6) is 0 Å². The zero-order chi connectivity index (χ0) is 30.0. The van der Waals surface area contributed by atoms with Gasteiger partial charge in [-0.25, -0.2) is 0 Å². The lowest BCUT2D eigenvalue weighted by molar-refractivity contribution is 0.741. The van der Waals surface area contributed by atoms with Crippen LogP contribution in [-0.4, -0.2) is 8.07 Å². The molecule has 0 bridgehead atoms. The van der Waals surface area contributed by atoms with Crippen LogP contribution >= 0.6 is 0 Å². The lowest BCUT2D eigenvalue weighted by Gasteiger charge is -2.46. The molecule has 0 N–H and O–H groups in total. The van der Waals surface area contributed by atoms with E-state index < -0.39 is 8.07 Å². The molecule has 5 aromatic rings. The summed E-state index contributed by atoms with van der Waals surface area (Å²) in [6, 6.07) is 53.1. The Hall–Kier alpha value is -5.22. The quantitative estimate of drug-likeness (QED) is 0.198. The van der Waals surface area contributed by atoms with Crippen LogP contribution in [0.1, 0.15) is 54.2 Å². The van der Waals surface area contributed by atoms with Gasteiger partial charge in [0.2, 0.25) is 0 Å². The summed E-state index contributed by atoms with van der Waals surface area (Å²) in [4.78, 5) is 0. The average Bonchev–Trinajstić information content (AvgIpc) is 3.39. The summed E-state index contributed by atoms with van der Waals surface area (Å²) in [6.45, 7) is 7.02. The minimum atomic E-state index is -3.08. The van der Waals surface area contributed by atoms with Crippen LogP contribution in [0.3, 0.4) is 0 Å². The lowest BCUT2D eigenvalue weighted by Crippen LogP contribution is -2.56. The second-order valence-electron chi connectivity index (χ2n) is 11.9. The van der Waals surface area contributed by atoms with Crippen molar-refractivity contribution in [3.63, 3.8) is 0 Å². The van der Waals surface area contributed by atoms with Gasteiger partial charge in [-0.05, 0) is 66.2 Å². The van der Waals surface area contributed by atoms with Crippen molar-refractivity contribution >= 4 is 34.8 Å². The molecular weight excluding hydrogens is 537 g/mol. The van der Waals surface area contributed by atoms with Crippen molar-refractivity contribution in [2.45, 2.75) is 25.8 Å². The van der Waals surface area contributed by atoms with Gasteiger partial charge in [0.25, 0.3) is 0 Å². The molecule has 0 saturated carbocycles. The number of nitrogens with zero attached hydrogens (tertiary/aromatic N) is 2. The van der Waals surface area contributed by atoms with Gasteiger partial charge in [-0.1, -0.05) is 148 Å². The van der Waals surface area contributed by atoms with Crippen molar-refractivity contribution in [2.75, 3.05) is 0 Å². The van der Waals surface area contributed by atoms with E-state index >= 15 is 0 Å². The molecular formula is C40H32N2Si. The Bertz CT molecular complexity index is 1830. The fourth-order valence-corrected chi connectivity index (χ4v) is 13.4. The highest BCUT2D eigenvalue weighted by Crippen LogP contribution is 2.62. The van der Waals surface area contributed by atoms with E-state index in [1.807, 2.05) is 48.5 Å². The van der Waals surface area contributed by atoms with Gasteiger partial charge in [0.15, 0.2) is 8.07 Å². The first-order valence-electron chi connectivity index (χ1n) is 14.6. The van der Waals surface area contributed by atoms with Gasteiger partial charge in [-0.3, -0.25) is 0 Å². The standard InChI is InChI=1S/C40H32N2Si/c1-40(2,3)43(33-23-11-6-12-24-33)38(34-25-15-13-21-31(34)27-41)36(29-17-7-4-8-18-29)37(30-19-9-5-10-20-30)39(43)35-26-16-14-22-32(35)28-42/h4-26H,1-3H3. The van der Waals surface area contributed by atoms with Crippen LogP contribution in [0.4, 0.5) is 0 Å². The van der Waals surface area contributed by atoms with Crippen LogP contribution < -0.4 is 5.19 Å². The number of hydrogen-bond donors (Lipinski definition) is 0. The molecule has 0 aromatic heterocycles. The third kappa shape index (κ3) is 4.47. The van der Waals surface area contributed by atoms with Crippen LogP contribution in [0.15, 0.2) is 140 Å². The fraction of sp³-hybridized carbons (Fsp3) is 0.100. The largest absolute Gasteiger partial charge is 0.192 e. The van der Waals surface area contributed by atoms with Crippen LogP contribution in [0.25, 0.3) is 21.5 Å². The van der Waals surface area contributed by atoms with Crippen LogP contribution in [-0.2, 0) is 0 Å². The number of benzene rings is 5. The van der Waals surface area contributed by atoms with Crippen molar-refractivity contribution in [2.24, 2.45) is 0 Å². The highest BCUT2D eigenvalue weighted by molar-refractivity contribution is 7.23. The van der Waals surface area contributed by atoms with Gasteiger partial charge >= 0.3 is 0 Å². The van der Waals surface area contributed by atoms with Crippen LogP contribution in [0, 0.1) is 22.7 Å². The third-order valence-electron chi connectivity index (χ3n) is 8.59. The van der Waals surface area contributed by atoms with Gasteiger partial charge < -0.3 is 0 Å². The summed E-state index contributed by atoms with van der Waals surface area (Å²) in [5, 5.41) is 24.5. The normalized spacial score (nSPS) is 14.3. The topological polar surface area (TPSA) is 47.6 Å². The third-order valence-corrected chi connectivity index (χ3v) is 14.6.